The third-order valence-corrected chi connectivity index (χ3v) is 8.12. The molecule has 33 heavy (non-hydrogen) atoms. The molecule has 0 atom stereocenters. The van der Waals surface area contributed by atoms with Gasteiger partial charge in [-0.25, -0.2) is 9.59 Å². The van der Waals surface area contributed by atoms with E-state index in [1.807, 2.05) is 13.8 Å². The van der Waals surface area contributed by atoms with Crippen LogP contribution < -0.4 is 0 Å². The average Bonchev–Trinajstić information content (AvgIpc) is 3.08. The van der Waals surface area contributed by atoms with Gasteiger partial charge in [0, 0.05) is 25.6 Å². The molecule has 0 saturated carbocycles. The Morgan fingerprint density at radius 2 is 1.36 bits per heavy atom. The summed E-state index contributed by atoms with van der Waals surface area (Å²) < 4.78 is 7.24. The molecule has 0 bridgehead atoms. The summed E-state index contributed by atoms with van der Waals surface area (Å²) in [7, 11) is 0. The molecule has 6 nitrogen and oxygen atoms in total. The number of ether oxygens (including phenoxy) is 1. The molecule has 1 aliphatic heterocycles. The maximum absolute atomic E-state index is 13.1. The van der Waals surface area contributed by atoms with Gasteiger partial charge in [-0.05, 0) is 74.2 Å². The molecule has 0 aromatic heterocycles. The fourth-order valence-electron chi connectivity index (χ4n) is 4.31. The van der Waals surface area contributed by atoms with Gasteiger partial charge in [-0.1, -0.05) is 37.9 Å². The van der Waals surface area contributed by atoms with Gasteiger partial charge in [0.1, 0.15) is 11.5 Å². The molecule has 0 saturated heterocycles. The summed E-state index contributed by atoms with van der Waals surface area (Å²) >= 11 is 6.99. The van der Waals surface area contributed by atoms with Crippen molar-refractivity contribution in [1.82, 2.24) is 0 Å². The van der Waals surface area contributed by atoms with Crippen molar-refractivity contribution in [3.8, 4) is 11.5 Å². The monoisotopic (exact) mass is 574 g/mol. The van der Waals surface area contributed by atoms with Crippen molar-refractivity contribution < 1.29 is 29.6 Å². The lowest BCUT2D eigenvalue weighted by Gasteiger charge is -2.33. The maximum atomic E-state index is 13.1. The van der Waals surface area contributed by atoms with Crippen molar-refractivity contribution in [2.75, 3.05) is 0 Å². The normalized spacial score (nSPS) is 14.2. The number of carboxylic acid groups (broad SMARTS) is 1. The summed E-state index contributed by atoms with van der Waals surface area (Å²) in [4.78, 5) is 25.4. The molecule has 1 heterocycles. The number of hydrogen-bond donors (Lipinski definition) is 3. The van der Waals surface area contributed by atoms with Crippen LogP contribution in [0.15, 0.2) is 39.3 Å². The zero-order valence-corrected chi connectivity index (χ0v) is 21.4. The molecular formula is C25H20Br2O6. The first-order valence-corrected chi connectivity index (χ1v) is 11.6. The number of benzene rings is 3. The van der Waals surface area contributed by atoms with E-state index in [2.05, 4.69) is 31.9 Å². The van der Waals surface area contributed by atoms with Crippen LogP contribution in [-0.2, 0) is 10.3 Å². The van der Waals surface area contributed by atoms with E-state index in [0.717, 1.165) is 11.1 Å². The zero-order valence-electron chi connectivity index (χ0n) is 18.2. The number of aromatic hydroxyl groups is 2. The number of esters is 1. The van der Waals surface area contributed by atoms with Crippen LogP contribution in [0.3, 0.4) is 0 Å². The summed E-state index contributed by atoms with van der Waals surface area (Å²) in [6.07, 6.45) is 0. The van der Waals surface area contributed by atoms with E-state index >= 15 is 0 Å². The first-order chi connectivity index (χ1) is 15.4. The van der Waals surface area contributed by atoms with Gasteiger partial charge in [-0.2, -0.15) is 0 Å². The SMILES string of the molecule is Cc1c(Br)cc(C2(c3cc(Br)c(C)c(C)c3O)OC(=O)c3cccc(C(=O)O)c32)c(O)c1C. The maximum Gasteiger partial charge on any atom is 0.340 e. The molecule has 8 heteroatoms. The highest BCUT2D eigenvalue weighted by molar-refractivity contribution is 9.10. The van der Waals surface area contributed by atoms with E-state index in [-0.39, 0.29) is 39.3 Å². The quantitative estimate of drug-likeness (QED) is 0.330. The first kappa shape index (κ1) is 23.3. The summed E-state index contributed by atoms with van der Waals surface area (Å²) in [6, 6.07) is 7.51. The number of fused-ring (bicyclic) bond motifs is 1. The van der Waals surface area contributed by atoms with E-state index in [0.29, 0.717) is 20.1 Å². The molecule has 3 N–H and O–H groups in total. The second-order valence-electron chi connectivity index (χ2n) is 8.11. The van der Waals surface area contributed by atoms with Crippen LogP contribution in [-0.4, -0.2) is 27.3 Å². The van der Waals surface area contributed by atoms with Gasteiger partial charge >= 0.3 is 11.9 Å². The molecule has 0 amide bonds. The largest absolute Gasteiger partial charge is 0.507 e. The Labute approximate surface area is 207 Å². The molecule has 0 radical (unpaired) electrons. The van der Waals surface area contributed by atoms with Gasteiger partial charge < -0.3 is 20.1 Å². The van der Waals surface area contributed by atoms with Crippen LogP contribution in [0.2, 0.25) is 0 Å². The number of aromatic carboxylic acids is 1. The molecule has 3 aromatic rings. The predicted octanol–water partition coefficient (Wildman–Crippen LogP) is 6.02. The van der Waals surface area contributed by atoms with E-state index in [9.17, 15) is 24.9 Å². The van der Waals surface area contributed by atoms with Crippen LogP contribution in [0.25, 0.3) is 0 Å². The predicted molar refractivity (Wildman–Crippen MR) is 129 cm³/mol. The van der Waals surface area contributed by atoms with Gasteiger partial charge in [0.2, 0.25) is 0 Å². The summed E-state index contributed by atoms with van der Waals surface area (Å²) in [5.41, 5.74) is 0.916. The topological polar surface area (TPSA) is 104 Å². The third-order valence-electron chi connectivity index (χ3n) is 6.48. The Morgan fingerprint density at radius 1 is 0.879 bits per heavy atom. The van der Waals surface area contributed by atoms with E-state index in [1.165, 1.54) is 18.2 Å². The molecule has 0 unspecified atom stereocenters. The van der Waals surface area contributed by atoms with E-state index in [4.69, 9.17) is 4.74 Å². The third kappa shape index (κ3) is 3.19. The van der Waals surface area contributed by atoms with Crippen molar-refractivity contribution in [2.24, 2.45) is 0 Å². The minimum absolute atomic E-state index is 0.0531. The van der Waals surface area contributed by atoms with Crippen LogP contribution >= 0.6 is 31.9 Å². The Balaban J connectivity index is 2.29. The molecule has 0 aliphatic carbocycles. The highest BCUT2D eigenvalue weighted by atomic mass is 79.9. The number of rotatable bonds is 3. The van der Waals surface area contributed by atoms with Crippen LogP contribution in [0.4, 0.5) is 0 Å². The second-order valence-corrected chi connectivity index (χ2v) is 9.82. The number of halogens is 2. The van der Waals surface area contributed by atoms with Crippen molar-refractivity contribution in [3.05, 3.63) is 89.3 Å². The van der Waals surface area contributed by atoms with Gasteiger partial charge in [0.25, 0.3) is 0 Å². The molecule has 0 spiro atoms. The Morgan fingerprint density at radius 3 is 1.82 bits per heavy atom. The summed E-state index contributed by atoms with van der Waals surface area (Å²) in [5, 5.41) is 32.5. The first-order valence-electron chi connectivity index (χ1n) is 10.0. The molecule has 170 valence electrons. The lowest BCUT2D eigenvalue weighted by atomic mass is 9.75. The Hall–Kier alpha value is -2.84. The van der Waals surface area contributed by atoms with Crippen molar-refractivity contribution in [2.45, 2.75) is 33.3 Å². The van der Waals surface area contributed by atoms with E-state index in [1.54, 1.807) is 26.0 Å². The summed E-state index contributed by atoms with van der Waals surface area (Å²) in [6.45, 7) is 7.06. The van der Waals surface area contributed by atoms with Crippen LogP contribution in [0.1, 0.15) is 59.7 Å². The van der Waals surface area contributed by atoms with Gasteiger partial charge in [-0.15, -0.1) is 0 Å². The fourth-order valence-corrected chi connectivity index (χ4v) is 5.36. The second kappa shape index (κ2) is 7.88. The lowest BCUT2D eigenvalue weighted by Crippen LogP contribution is -2.32. The highest BCUT2D eigenvalue weighted by Gasteiger charge is 2.54. The molecule has 3 aromatic carbocycles. The lowest BCUT2D eigenvalue weighted by molar-refractivity contribution is 0.0233. The Bertz CT molecular complexity index is 1310. The number of carboxylic acids is 1. The van der Waals surface area contributed by atoms with Gasteiger partial charge in [0.05, 0.1) is 11.1 Å². The number of carbonyl (C=O) groups excluding carboxylic acids is 1. The molecule has 1 aliphatic rings. The zero-order chi connectivity index (χ0) is 24.4. The number of cyclic esters (lactones) is 1. The van der Waals surface area contributed by atoms with Crippen LogP contribution in [0, 0.1) is 27.7 Å². The fraction of sp³-hybridized carbons (Fsp3) is 0.200. The highest BCUT2D eigenvalue weighted by Crippen LogP contribution is 2.55. The molecule has 4 rings (SSSR count). The minimum Gasteiger partial charge on any atom is -0.507 e. The number of carbonyl (C=O) groups is 2. The number of phenols is 2. The van der Waals surface area contributed by atoms with Crippen molar-refractivity contribution in [1.29, 1.82) is 0 Å². The number of hydrogen-bond acceptors (Lipinski definition) is 5. The molecular weight excluding hydrogens is 556 g/mol. The van der Waals surface area contributed by atoms with Crippen molar-refractivity contribution in [3.63, 3.8) is 0 Å². The van der Waals surface area contributed by atoms with Crippen molar-refractivity contribution >= 4 is 43.8 Å². The van der Waals surface area contributed by atoms with E-state index < -0.39 is 17.5 Å². The van der Waals surface area contributed by atoms with Gasteiger partial charge in [-0.3, -0.25) is 0 Å². The minimum atomic E-state index is -1.91. The molecule has 0 fully saturated rings. The summed E-state index contributed by atoms with van der Waals surface area (Å²) in [5.74, 6) is -2.34. The standard InChI is InChI=1S/C25H20Br2O6/c1-10-12(3)21(28)16(8-18(10)26)25(17-9-19(27)11(2)13(4)22(17)29)20-14(23(30)31)6-5-7-15(20)24(32)33-25/h5-9,28-29H,1-4H3,(H,30,31). The van der Waals surface area contributed by atoms with Gasteiger partial charge in [0.15, 0.2) is 5.60 Å². The average molecular weight is 576 g/mol. The Kier molecular flexibility index (Phi) is 5.57. The smallest absolute Gasteiger partial charge is 0.340 e. The van der Waals surface area contributed by atoms with Crippen LogP contribution in [0.5, 0.6) is 11.5 Å². The number of phenolic OH excluding ortho intramolecular Hbond substituents is 2.